The molecule has 2 aromatic rings. The van der Waals surface area contributed by atoms with Crippen LogP contribution in [0, 0.1) is 0 Å². The highest BCUT2D eigenvalue weighted by Crippen LogP contribution is 2.28. The minimum Gasteiger partial charge on any atom is -0.493 e. The molecule has 106 valence electrons. The Labute approximate surface area is 118 Å². The third-order valence-electron chi connectivity index (χ3n) is 3.39. The number of hydrogen-bond donors (Lipinski definition) is 1. The van der Waals surface area contributed by atoms with Crippen molar-refractivity contribution in [2.45, 2.75) is 26.4 Å². The van der Waals surface area contributed by atoms with E-state index in [2.05, 4.69) is 26.6 Å². The average molecular weight is 273 g/mol. The van der Waals surface area contributed by atoms with E-state index in [9.17, 15) is 0 Å². The minimum absolute atomic E-state index is 0.706. The smallest absolute Gasteiger partial charge is 0.152 e. The van der Waals surface area contributed by atoms with E-state index in [0.717, 1.165) is 49.0 Å². The molecule has 0 saturated heterocycles. The third kappa shape index (κ3) is 2.54. The SMILES string of the molecule is CCCOc1cc(N)cc(N2CCn3cnnc3C2)c1. The van der Waals surface area contributed by atoms with Gasteiger partial charge in [0.1, 0.15) is 12.1 Å². The van der Waals surface area contributed by atoms with Crippen LogP contribution in [-0.2, 0) is 13.1 Å². The van der Waals surface area contributed by atoms with Crippen LogP contribution in [0.1, 0.15) is 19.2 Å². The molecule has 20 heavy (non-hydrogen) atoms. The maximum Gasteiger partial charge on any atom is 0.152 e. The molecule has 1 aromatic carbocycles. The fraction of sp³-hybridized carbons (Fsp3) is 0.429. The van der Waals surface area contributed by atoms with E-state index in [1.165, 1.54) is 0 Å². The van der Waals surface area contributed by atoms with Gasteiger partial charge in [0, 0.05) is 36.6 Å². The van der Waals surface area contributed by atoms with Crippen LogP contribution in [0.25, 0.3) is 0 Å². The molecule has 0 saturated carbocycles. The second kappa shape index (κ2) is 5.40. The second-order valence-electron chi connectivity index (χ2n) is 4.97. The van der Waals surface area contributed by atoms with E-state index in [0.29, 0.717) is 6.61 Å². The number of rotatable bonds is 4. The van der Waals surface area contributed by atoms with Crippen molar-refractivity contribution in [1.29, 1.82) is 0 Å². The lowest BCUT2D eigenvalue weighted by Crippen LogP contribution is -2.33. The Morgan fingerprint density at radius 1 is 1.30 bits per heavy atom. The molecule has 0 spiro atoms. The molecule has 1 aliphatic heterocycles. The van der Waals surface area contributed by atoms with Crippen molar-refractivity contribution in [3.8, 4) is 5.75 Å². The van der Waals surface area contributed by atoms with Crippen molar-refractivity contribution in [3.05, 3.63) is 30.4 Å². The summed E-state index contributed by atoms with van der Waals surface area (Å²) < 4.78 is 7.76. The average Bonchev–Trinajstić information content (AvgIpc) is 2.92. The molecule has 1 aliphatic rings. The molecule has 0 amide bonds. The topological polar surface area (TPSA) is 69.2 Å². The Balaban J connectivity index is 1.82. The highest BCUT2D eigenvalue weighted by Gasteiger charge is 2.18. The Morgan fingerprint density at radius 2 is 2.20 bits per heavy atom. The maximum absolute atomic E-state index is 5.97. The summed E-state index contributed by atoms with van der Waals surface area (Å²) >= 11 is 0. The van der Waals surface area contributed by atoms with Crippen LogP contribution >= 0.6 is 0 Å². The van der Waals surface area contributed by atoms with Gasteiger partial charge in [-0.05, 0) is 12.5 Å². The molecule has 3 rings (SSSR count). The van der Waals surface area contributed by atoms with Gasteiger partial charge >= 0.3 is 0 Å². The Morgan fingerprint density at radius 3 is 3.05 bits per heavy atom. The number of hydrogen-bond acceptors (Lipinski definition) is 5. The fourth-order valence-electron chi connectivity index (χ4n) is 2.38. The lowest BCUT2D eigenvalue weighted by atomic mass is 10.2. The molecule has 0 bridgehead atoms. The van der Waals surface area contributed by atoms with Crippen LogP contribution in [-0.4, -0.2) is 27.9 Å². The molecular formula is C14H19N5O. The highest BCUT2D eigenvalue weighted by atomic mass is 16.5. The van der Waals surface area contributed by atoms with E-state index in [1.807, 2.05) is 18.2 Å². The molecule has 0 aliphatic carbocycles. The standard InChI is InChI=1S/C14H19N5O/c1-2-5-20-13-7-11(15)6-12(8-13)18-3-4-19-10-16-17-14(19)9-18/h6-8,10H,2-5,9,15H2,1H3. The highest BCUT2D eigenvalue weighted by molar-refractivity contribution is 5.60. The zero-order valence-electron chi connectivity index (χ0n) is 11.6. The number of nitrogens with two attached hydrogens (primary N) is 1. The van der Waals surface area contributed by atoms with Gasteiger partial charge in [-0.15, -0.1) is 10.2 Å². The summed E-state index contributed by atoms with van der Waals surface area (Å²) in [6, 6.07) is 5.88. The summed E-state index contributed by atoms with van der Waals surface area (Å²) in [6.45, 7) is 5.35. The number of nitrogen functional groups attached to an aromatic ring is 1. The number of aromatic nitrogens is 3. The predicted octanol–water partition coefficient (Wildman–Crippen LogP) is 1.67. The van der Waals surface area contributed by atoms with Gasteiger partial charge in [-0.1, -0.05) is 6.92 Å². The first-order chi connectivity index (χ1) is 9.76. The van der Waals surface area contributed by atoms with Crippen molar-refractivity contribution in [1.82, 2.24) is 14.8 Å². The first-order valence-electron chi connectivity index (χ1n) is 6.91. The van der Waals surface area contributed by atoms with Crippen LogP contribution in [0.3, 0.4) is 0 Å². The number of anilines is 2. The van der Waals surface area contributed by atoms with Crippen LogP contribution in [0.4, 0.5) is 11.4 Å². The lowest BCUT2D eigenvalue weighted by Gasteiger charge is -2.29. The van der Waals surface area contributed by atoms with Crippen LogP contribution in [0.2, 0.25) is 0 Å². The minimum atomic E-state index is 0.706. The van der Waals surface area contributed by atoms with Crippen LogP contribution in [0.15, 0.2) is 24.5 Å². The summed E-state index contributed by atoms with van der Waals surface area (Å²) in [5, 5.41) is 8.08. The van der Waals surface area contributed by atoms with Crippen molar-refractivity contribution >= 4 is 11.4 Å². The third-order valence-corrected chi connectivity index (χ3v) is 3.39. The number of benzene rings is 1. The van der Waals surface area contributed by atoms with E-state index in [-0.39, 0.29) is 0 Å². The Bertz CT molecular complexity index is 595. The van der Waals surface area contributed by atoms with Crippen molar-refractivity contribution in [2.24, 2.45) is 0 Å². The monoisotopic (exact) mass is 273 g/mol. The summed E-state index contributed by atoms with van der Waals surface area (Å²) in [5.41, 5.74) is 7.77. The van der Waals surface area contributed by atoms with Gasteiger partial charge in [0.05, 0.1) is 13.2 Å². The second-order valence-corrected chi connectivity index (χ2v) is 4.97. The Kier molecular flexibility index (Phi) is 3.45. The molecule has 0 radical (unpaired) electrons. The van der Waals surface area contributed by atoms with Gasteiger partial charge in [-0.25, -0.2) is 0 Å². The normalized spacial score (nSPS) is 14.2. The molecule has 1 aromatic heterocycles. The number of ether oxygens (including phenoxy) is 1. The molecule has 0 fully saturated rings. The summed E-state index contributed by atoms with van der Waals surface area (Å²) in [5.74, 6) is 1.81. The van der Waals surface area contributed by atoms with Gasteiger partial charge in [-0.3, -0.25) is 0 Å². The van der Waals surface area contributed by atoms with Gasteiger partial charge in [-0.2, -0.15) is 0 Å². The van der Waals surface area contributed by atoms with Gasteiger partial charge in [0.15, 0.2) is 5.82 Å². The summed E-state index contributed by atoms with van der Waals surface area (Å²) in [7, 11) is 0. The van der Waals surface area contributed by atoms with Gasteiger partial charge in [0.25, 0.3) is 0 Å². The summed E-state index contributed by atoms with van der Waals surface area (Å²) in [4.78, 5) is 2.25. The molecule has 6 nitrogen and oxygen atoms in total. The molecule has 6 heteroatoms. The summed E-state index contributed by atoms with van der Waals surface area (Å²) in [6.07, 6.45) is 2.76. The van der Waals surface area contributed by atoms with E-state index < -0.39 is 0 Å². The molecule has 0 atom stereocenters. The van der Waals surface area contributed by atoms with E-state index >= 15 is 0 Å². The molecular weight excluding hydrogens is 254 g/mol. The van der Waals surface area contributed by atoms with Crippen molar-refractivity contribution in [3.63, 3.8) is 0 Å². The first kappa shape index (κ1) is 12.8. The largest absolute Gasteiger partial charge is 0.493 e. The van der Waals surface area contributed by atoms with Crippen molar-refractivity contribution in [2.75, 3.05) is 23.8 Å². The Hall–Kier alpha value is -2.24. The quantitative estimate of drug-likeness (QED) is 0.858. The number of nitrogens with zero attached hydrogens (tertiary/aromatic N) is 4. The molecule has 2 heterocycles. The predicted molar refractivity (Wildman–Crippen MR) is 77.7 cm³/mol. The zero-order chi connectivity index (χ0) is 13.9. The van der Waals surface area contributed by atoms with Gasteiger partial charge in [0.2, 0.25) is 0 Å². The molecule has 0 unspecified atom stereocenters. The van der Waals surface area contributed by atoms with E-state index in [4.69, 9.17) is 10.5 Å². The molecule has 2 N–H and O–H groups in total. The number of fused-ring (bicyclic) bond motifs is 1. The van der Waals surface area contributed by atoms with Gasteiger partial charge < -0.3 is 19.9 Å². The maximum atomic E-state index is 5.97. The van der Waals surface area contributed by atoms with Crippen molar-refractivity contribution < 1.29 is 4.74 Å². The fourth-order valence-corrected chi connectivity index (χ4v) is 2.38. The van der Waals surface area contributed by atoms with Crippen LogP contribution in [0.5, 0.6) is 5.75 Å². The lowest BCUT2D eigenvalue weighted by molar-refractivity contribution is 0.317. The first-order valence-corrected chi connectivity index (χ1v) is 6.91. The van der Waals surface area contributed by atoms with E-state index in [1.54, 1.807) is 6.33 Å². The van der Waals surface area contributed by atoms with Crippen LogP contribution < -0.4 is 15.4 Å². The zero-order valence-corrected chi connectivity index (χ0v) is 11.6.